The number of ether oxygens (including phenoxy) is 1. The summed E-state index contributed by atoms with van der Waals surface area (Å²) in [5, 5.41) is 3.51. The molecule has 2 aromatic carbocycles. The molecular weight excluding hydrogens is 594 g/mol. The Morgan fingerprint density at radius 2 is 1.40 bits per heavy atom. The summed E-state index contributed by atoms with van der Waals surface area (Å²) in [5.41, 5.74) is 4.07. The Hall–Kier alpha value is -2.91. The van der Waals surface area contributed by atoms with Gasteiger partial charge in [0, 0.05) is 41.3 Å². The van der Waals surface area contributed by atoms with Gasteiger partial charge in [0.2, 0.25) is 0 Å². The van der Waals surface area contributed by atoms with Crippen LogP contribution in [0.25, 0.3) is 0 Å². The molecule has 3 aliphatic rings. The molecule has 0 radical (unpaired) electrons. The van der Waals surface area contributed by atoms with Crippen molar-refractivity contribution in [3.05, 3.63) is 74.5 Å². The van der Waals surface area contributed by atoms with Crippen LogP contribution in [-0.4, -0.2) is 27.1 Å². The van der Waals surface area contributed by atoms with Crippen LogP contribution in [0.3, 0.4) is 0 Å². The van der Waals surface area contributed by atoms with Crippen molar-refractivity contribution in [3.8, 4) is 11.5 Å². The van der Waals surface area contributed by atoms with Crippen molar-refractivity contribution in [2.45, 2.75) is 71.1 Å². The molecule has 212 valence electrons. The first kappa shape index (κ1) is 28.6. The average molecular weight is 629 g/mol. The number of aryl methyl sites for hydroxylation is 1. The van der Waals surface area contributed by atoms with E-state index in [1.807, 2.05) is 6.92 Å². The van der Waals surface area contributed by atoms with Crippen LogP contribution < -0.4 is 14.2 Å². The third kappa shape index (κ3) is 5.26. The fourth-order valence-electron chi connectivity index (χ4n) is 6.07. The van der Waals surface area contributed by atoms with Crippen LogP contribution in [0.5, 0.6) is 11.5 Å². The highest BCUT2D eigenvalue weighted by molar-refractivity contribution is 9.10. The summed E-state index contributed by atoms with van der Waals surface area (Å²) in [5.74, 6) is -0.409. The Labute approximate surface area is 244 Å². The van der Waals surface area contributed by atoms with Crippen molar-refractivity contribution in [3.63, 3.8) is 0 Å². The van der Waals surface area contributed by atoms with Crippen molar-refractivity contribution in [1.82, 2.24) is 5.32 Å². The summed E-state index contributed by atoms with van der Waals surface area (Å²) in [4.78, 5) is 27.3. The van der Waals surface area contributed by atoms with E-state index >= 15 is 0 Å². The highest BCUT2D eigenvalue weighted by Crippen LogP contribution is 2.52. The number of halogens is 1. The minimum atomic E-state index is -4.15. The molecule has 0 atom stereocenters. The third-order valence-corrected chi connectivity index (χ3v) is 9.63. The second-order valence-electron chi connectivity index (χ2n) is 12.6. The molecule has 0 amide bonds. The lowest BCUT2D eigenvalue weighted by atomic mass is 9.64. The van der Waals surface area contributed by atoms with E-state index < -0.39 is 16.0 Å². The topological polar surface area (TPSA) is 98.8 Å². The summed E-state index contributed by atoms with van der Waals surface area (Å²) in [6, 6.07) is 9.78. The monoisotopic (exact) mass is 627 g/mol. The molecule has 5 rings (SSSR count). The average Bonchev–Trinajstić information content (AvgIpc) is 2.82. The van der Waals surface area contributed by atoms with E-state index in [2.05, 4.69) is 48.9 Å². The van der Waals surface area contributed by atoms with Crippen LogP contribution >= 0.6 is 15.9 Å². The van der Waals surface area contributed by atoms with Gasteiger partial charge in [0.1, 0.15) is 4.90 Å². The Kier molecular flexibility index (Phi) is 7.06. The number of Topliss-reactive ketones (excluding diaryl/α,β-unsaturated/α-hetero) is 2. The van der Waals surface area contributed by atoms with Gasteiger partial charge in [0.15, 0.2) is 23.1 Å². The van der Waals surface area contributed by atoms with Crippen molar-refractivity contribution in [2.75, 3.05) is 7.11 Å². The first-order valence-electron chi connectivity index (χ1n) is 13.3. The summed E-state index contributed by atoms with van der Waals surface area (Å²) in [7, 11) is -2.72. The number of carbonyl (C=O) groups excluding carboxylic acids is 2. The van der Waals surface area contributed by atoms with Gasteiger partial charge in [0.05, 0.1) is 11.6 Å². The van der Waals surface area contributed by atoms with Gasteiger partial charge in [-0.15, -0.1) is 0 Å². The van der Waals surface area contributed by atoms with E-state index in [9.17, 15) is 18.0 Å². The molecule has 40 heavy (non-hydrogen) atoms. The lowest BCUT2D eigenvalue weighted by molar-refractivity contribution is -0.119. The van der Waals surface area contributed by atoms with Crippen LogP contribution in [0.2, 0.25) is 0 Å². The smallest absolute Gasteiger partial charge is 0.339 e. The highest BCUT2D eigenvalue weighted by Gasteiger charge is 2.46. The molecule has 0 unspecified atom stereocenters. The van der Waals surface area contributed by atoms with E-state index in [0.29, 0.717) is 46.9 Å². The zero-order chi connectivity index (χ0) is 29.2. The number of nitrogens with one attached hydrogen (secondary N) is 1. The van der Waals surface area contributed by atoms with E-state index in [1.54, 1.807) is 24.3 Å². The SMILES string of the molecule is COc1cc(C2C3=C(CC(C)(C)CC3=O)NC3=C2C(=O)CC(C)(C)C3)cc(Br)c1OS(=O)(=O)c1ccc(C)cc1. The maximum Gasteiger partial charge on any atom is 0.339 e. The summed E-state index contributed by atoms with van der Waals surface area (Å²) in [6.45, 7) is 10.2. The van der Waals surface area contributed by atoms with Crippen LogP contribution in [0, 0.1) is 17.8 Å². The molecule has 2 aliphatic carbocycles. The van der Waals surface area contributed by atoms with Gasteiger partial charge in [-0.05, 0) is 76.4 Å². The zero-order valence-corrected chi connectivity index (χ0v) is 26.0. The molecule has 9 heteroatoms. The van der Waals surface area contributed by atoms with E-state index in [1.165, 1.54) is 19.2 Å². The van der Waals surface area contributed by atoms with Crippen molar-refractivity contribution in [2.24, 2.45) is 10.8 Å². The van der Waals surface area contributed by atoms with Gasteiger partial charge in [-0.3, -0.25) is 9.59 Å². The standard InChI is InChI=1S/C31H34BrNO6S/c1-17-7-9-19(10-8-17)40(36,37)39-29-20(32)11-18(12-25(29)38-6)26-27-21(13-30(2,3)15-23(27)34)33-22-14-31(4,5)16-24(35)28(22)26/h7-12,26,33H,13-16H2,1-6H3. The first-order chi connectivity index (χ1) is 18.6. The van der Waals surface area contributed by atoms with Crippen LogP contribution in [-0.2, 0) is 19.7 Å². The van der Waals surface area contributed by atoms with E-state index in [4.69, 9.17) is 8.92 Å². The number of allylic oxidation sites excluding steroid dienone is 4. The zero-order valence-electron chi connectivity index (χ0n) is 23.6. The number of benzene rings is 2. The Morgan fingerprint density at radius 3 is 1.90 bits per heavy atom. The molecule has 0 saturated heterocycles. The number of carbonyl (C=O) groups is 2. The fraction of sp³-hybridized carbons (Fsp3) is 0.419. The van der Waals surface area contributed by atoms with Crippen LogP contribution in [0.4, 0.5) is 0 Å². The number of ketones is 2. The Balaban J connectivity index is 1.64. The predicted molar refractivity (Wildman–Crippen MR) is 156 cm³/mol. The van der Waals surface area contributed by atoms with E-state index in [0.717, 1.165) is 17.0 Å². The van der Waals surface area contributed by atoms with Crippen LogP contribution in [0.1, 0.15) is 70.4 Å². The maximum absolute atomic E-state index is 13.6. The van der Waals surface area contributed by atoms with Crippen molar-refractivity contribution < 1.29 is 26.9 Å². The summed E-state index contributed by atoms with van der Waals surface area (Å²) < 4.78 is 37.7. The minimum absolute atomic E-state index is 0.00336. The second kappa shape index (κ2) is 9.87. The lowest BCUT2D eigenvalue weighted by Crippen LogP contribution is -2.42. The molecule has 1 N–H and O–H groups in total. The number of dihydropyridines is 1. The maximum atomic E-state index is 13.6. The largest absolute Gasteiger partial charge is 0.493 e. The van der Waals surface area contributed by atoms with Gasteiger partial charge in [0.25, 0.3) is 0 Å². The van der Waals surface area contributed by atoms with Crippen molar-refractivity contribution >= 4 is 37.6 Å². The highest BCUT2D eigenvalue weighted by atomic mass is 79.9. The summed E-state index contributed by atoms with van der Waals surface area (Å²) >= 11 is 3.50. The molecule has 1 aliphatic heterocycles. The molecule has 0 saturated carbocycles. The number of rotatable bonds is 5. The molecule has 0 spiro atoms. The molecule has 0 fully saturated rings. The normalized spacial score (nSPS) is 20.6. The fourth-order valence-corrected chi connectivity index (χ4v) is 7.68. The minimum Gasteiger partial charge on any atom is -0.493 e. The number of hydrogen-bond acceptors (Lipinski definition) is 7. The predicted octanol–water partition coefficient (Wildman–Crippen LogP) is 6.51. The molecule has 0 bridgehead atoms. The van der Waals surface area contributed by atoms with Gasteiger partial charge in [-0.2, -0.15) is 8.42 Å². The molecule has 2 aromatic rings. The summed E-state index contributed by atoms with van der Waals surface area (Å²) in [6.07, 6.45) is 2.12. The Morgan fingerprint density at radius 1 is 0.875 bits per heavy atom. The molecule has 0 aromatic heterocycles. The molecule has 1 heterocycles. The van der Waals surface area contributed by atoms with Crippen molar-refractivity contribution in [1.29, 1.82) is 0 Å². The third-order valence-electron chi connectivity index (χ3n) is 7.81. The van der Waals surface area contributed by atoms with E-state index in [-0.39, 0.29) is 38.8 Å². The van der Waals surface area contributed by atoms with Gasteiger partial charge < -0.3 is 14.2 Å². The molecule has 7 nitrogen and oxygen atoms in total. The van der Waals surface area contributed by atoms with Gasteiger partial charge in [-0.1, -0.05) is 45.4 Å². The Bertz CT molecular complexity index is 1550. The first-order valence-corrected chi connectivity index (χ1v) is 15.5. The number of methoxy groups -OCH3 is 1. The second-order valence-corrected chi connectivity index (χ2v) is 15.0. The lowest BCUT2D eigenvalue weighted by Gasteiger charge is -2.44. The quantitative estimate of drug-likeness (QED) is 0.377. The van der Waals surface area contributed by atoms with Gasteiger partial charge in [-0.25, -0.2) is 0 Å². The number of hydrogen-bond donors (Lipinski definition) is 1. The van der Waals surface area contributed by atoms with Gasteiger partial charge >= 0.3 is 10.1 Å². The molecular formula is C31H34BrNO6S. The van der Waals surface area contributed by atoms with Crippen LogP contribution in [0.15, 0.2) is 68.3 Å².